The summed E-state index contributed by atoms with van der Waals surface area (Å²) < 4.78 is 0. The van der Waals surface area contributed by atoms with Crippen LogP contribution in [0.5, 0.6) is 0 Å². The Kier molecular flexibility index (Phi) is 15.4. The molecule has 0 bridgehead atoms. The molecule has 0 spiro atoms. The van der Waals surface area contributed by atoms with E-state index in [1.807, 2.05) is 11.8 Å². The summed E-state index contributed by atoms with van der Waals surface area (Å²) in [7, 11) is 0. The van der Waals surface area contributed by atoms with Crippen molar-refractivity contribution in [2.24, 2.45) is 10.9 Å². The molecule has 0 atom stereocenters. The highest BCUT2D eigenvalue weighted by Crippen LogP contribution is 2.10. The van der Waals surface area contributed by atoms with E-state index in [1.165, 1.54) is 57.0 Å². The Bertz CT molecular complexity index is 249. The Morgan fingerprint density at radius 2 is 1.75 bits per heavy atom. The van der Waals surface area contributed by atoms with E-state index in [0.29, 0.717) is 6.54 Å². The number of nitrogens with one attached hydrogen (secondary N) is 2. The molecular weight excluding hydrogens is 272 g/mol. The fraction of sp³-hybridized carbons (Fsp3) is 0.857. The second kappa shape index (κ2) is 16.1. The summed E-state index contributed by atoms with van der Waals surface area (Å²) >= 11 is 1.97. The number of amides is 2. The first-order valence-electron chi connectivity index (χ1n) is 7.65. The summed E-state index contributed by atoms with van der Waals surface area (Å²) in [5.74, 6) is 7.20. The van der Waals surface area contributed by atoms with E-state index in [0.717, 1.165) is 12.2 Å². The molecule has 0 aromatic carbocycles. The highest BCUT2D eigenvalue weighted by atomic mass is 32.2. The standard InChI is InChI=1S/C14H30N4OS/c1-2-3-4-5-6-7-8-11-20-12-9-10-16-14(19)17-13-18-15/h13H,2-12,15H2,1H3,(H2,16,17,18,19). The third kappa shape index (κ3) is 15.1. The molecule has 0 unspecified atom stereocenters. The second-order valence-corrected chi connectivity index (χ2v) is 5.99. The predicted molar refractivity (Wildman–Crippen MR) is 89.1 cm³/mol. The predicted octanol–water partition coefficient (Wildman–Crippen LogP) is 3.06. The third-order valence-corrected chi connectivity index (χ3v) is 4.07. The summed E-state index contributed by atoms with van der Waals surface area (Å²) in [6, 6.07) is -0.253. The average Bonchev–Trinajstić information content (AvgIpc) is 2.46. The molecule has 0 aromatic heterocycles. The van der Waals surface area contributed by atoms with Crippen LogP contribution in [-0.2, 0) is 0 Å². The van der Waals surface area contributed by atoms with Crippen molar-refractivity contribution in [2.45, 2.75) is 58.3 Å². The van der Waals surface area contributed by atoms with Gasteiger partial charge in [-0.2, -0.15) is 16.9 Å². The first-order chi connectivity index (χ1) is 9.81. The minimum Gasteiger partial charge on any atom is -0.338 e. The van der Waals surface area contributed by atoms with Crippen LogP contribution in [0.4, 0.5) is 4.79 Å². The highest BCUT2D eigenvalue weighted by Gasteiger charge is 1.96. The SMILES string of the molecule is CCCCCCCCCSCCCNC(=O)NC=NN. The van der Waals surface area contributed by atoms with Crippen LogP contribution in [0.15, 0.2) is 5.10 Å². The van der Waals surface area contributed by atoms with Crippen LogP contribution in [0, 0.1) is 0 Å². The average molecular weight is 302 g/mol. The molecule has 118 valence electrons. The molecule has 5 nitrogen and oxygen atoms in total. The van der Waals surface area contributed by atoms with E-state index >= 15 is 0 Å². The number of thioether (sulfide) groups is 1. The highest BCUT2D eigenvalue weighted by molar-refractivity contribution is 7.99. The topological polar surface area (TPSA) is 79.5 Å². The Morgan fingerprint density at radius 3 is 2.45 bits per heavy atom. The molecule has 20 heavy (non-hydrogen) atoms. The maximum Gasteiger partial charge on any atom is 0.319 e. The fourth-order valence-corrected chi connectivity index (χ4v) is 2.75. The van der Waals surface area contributed by atoms with Crippen molar-refractivity contribution in [1.82, 2.24) is 10.6 Å². The van der Waals surface area contributed by atoms with Gasteiger partial charge in [-0.05, 0) is 24.3 Å². The van der Waals surface area contributed by atoms with E-state index in [9.17, 15) is 4.79 Å². The Balaban J connectivity index is 3.07. The van der Waals surface area contributed by atoms with Crippen LogP contribution < -0.4 is 16.5 Å². The summed E-state index contributed by atoms with van der Waals surface area (Å²) in [6.07, 6.45) is 11.7. The van der Waals surface area contributed by atoms with Crippen LogP contribution >= 0.6 is 11.8 Å². The minimum absolute atomic E-state index is 0.253. The van der Waals surface area contributed by atoms with E-state index in [4.69, 9.17) is 5.84 Å². The smallest absolute Gasteiger partial charge is 0.319 e. The molecule has 0 heterocycles. The first-order valence-corrected chi connectivity index (χ1v) is 8.80. The molecule has 0 fully saturated rings. The van der Waals surface area contributed by atoms with Gasteiger partial charge in [0.1, 0.15) is 6.34 Å². The van der Waals surface area contributed by atoms with Gasteiger partial charge in [0.25, 0.3) is 0 Å². The van der Waals surface area contributed by atoms with Crippen LogP contribution in [0.1, 0.15) is 58.3 Å². The monoisotopic (exact) mass is 302 g/mol. The molecule has 0 rings (SSSR count). The third-order valence-electron chi connectivity index (χ3n) is 2.91. The van der Waals surface area contributed by atoms with E-state index in [-0.39, 0.29) is 6.03 Å². The number of hydrogen-bond acceptors (Lipinski definition) is 4. The fourth-order valence-electron chi connectivity index (χ4n) is 1.79. The number of nitrogens with two attached hydrogens (primary N) is 1. The molecular formula is C14H30N4OS. The van der Waals surface area contributed by atoms with Gasteiger partial charge < -0.3 is 11.2 Å². The van der Waals surface area contributed by atoms with E-state index in [2.05, 4.69) is 22.7 Å². The lowest BCUT2D eigenvalue weighted by atomic mass is 10.1. The lowest BCUT2D eigenvalue weighted by molar-refractivity contribution is 0.245. The number of urea groups is 1. The van der Waals surface area contributed by atoms with E-state index < -0.39 is 0 Å². The minimum atomic E-state index is -0.253. The zero-order valence-corrected chi connectivity index (χ0v) is 13.5. The largest absolute Gasteiger partial charge is 0.338 e. The van der Waals surface area contributed by atoms with Crippen molar-refractivity contribution >= 4 is 24.1 Å². The molecule has 6 heteroatoms. The van der Waals surface area contributed by atoms with Crippen LogP contribution in [-0.4, -0.2) is 30.4 Å². The van der Waals surface area contributed by atoms with Crippen molar-refractivity contribution in [3.63, 3.8) is 0 Å². The normalized spacial score (nSPS) is 10.8. The Labute approximate surface area is 127 Å². The van der Waals surface area contributed by atoms with Crippen molar-refractivity contribution in [2.75, 3.05) is 18.1 Å². The van der Waals surface area contributed by atoms with Gasteiger partial charge in [0.15, 0.2) is 0 Å². The number of rotatable bonds is 13. The van der Waals surface area contributed by atoms with Crippen molar-refractivity contribution in [3.05, 3.63) is 0 Å². The molecule has 0 radical (unpaired) electrons. The van der Waals surface area contributed by atoms with Crippen LogP contribution in [0.2, 0.25) is 0 Å². The summed E-state index contributed by atoms with van der Waals surface area (Å²) in [4.78, 5) is 11.1. The number of nitrogens with zero attached hydrogens (tertiary/aromatic N) is 1. The second-order valence-electron chi connectivity index (χ2n) is 4.77. The maximum atomic E-state index is 11.1. The Hall–Kier alpha value is -0.910. The summed E-state index contributed by atoms with van der Waals surface area (Å²) in [5, 5.41) is 8.32. The van der Waals surface area contributed by atoms with Gasteiger partial charge in [0.05, 0.1) is 0 Å². The lowest BCUT2D eigenvalue weighted by Gasteiger charge is -2.04. The number of carbonyl (C=O) groups excluding carboxylic acids is 1. The van der Waals surface area contributed by atoms with Gasteiger partial charge in [0.2, 0.25) is 0 Å². The van der Waals surface area contributed by atoms with Gasteiger partial charge >= 0.3 is 6.03 Å². The number of hydrazone groups is 1. The number of hydrogen-bond donors (Lipinski definition) is 3. The van der Waals surface area contributed by atoms with E-state index in [1.54, 1.807) is 0 Å². The first kappa shape index (κ1) is 19.1. The molecule has 0 aromatic rings. The zero-order valence-electron chi connectivity index (χ0n) is 12.7. The molecule has 0 saturated carbocycles. The quantitative estimate of drug-likeness (QED) is 0.161. The van der Waals surface area contributed by atoms with Gasteiger partial charge in [-0.15, -0.1) is 0 Å². The molecule has 0 aliphatic heterocycles. The van der Waals surface area contributed by atoms with Crippen molar-refractivity contribution in [1.29, 1.82) is 0 Å². The zero-order chi connectivity index (χ0) is 14.9. The number of carbonyl (C=O) groups is 1. The number of unbranched alkanes of at least 4 members (excludes halogenated alkanes) is 6. The summed E-state index contributed by atoms with van der Waals surface area (Å²) in [6.45, 7) is 2.94. The van der Waals surface area contributed by atoms with Crippen molar-refractivity contribution in [3.8, 4) is 0 Å². The van der Waals surface area contributed by atoms with Crippen LogP contribution in [0.3, 0.4) is 0 Å². The van der Waals surface area contributed by atoms with Gasteiger partial charge in [-0.1, -0.05) is 45.4 Å². The van der Waals surface area contributed by atoms with Crippen molar-refractivity contribution < 1.29 is 4.79 Å². The van der Waals surface area contributed by atoms with Gasteiger partial charge in [-0.25, -0.2) is 4.79 Å². The lowest BCUT2D eigenvalue weighted by Crippen LogP contribution is -2.35. The Morgan fingerprint density at radius 1 is 1.10 bits per heavy atom. The molecule has 0 saturated heterocycles. The molecule has 2 amide bonds. The maximum absolute atomic E-state index is 11.1. The summed E-state index contributed by atoms with van der Waals surface area (Å²) in [5.41, 5.74) is 0. The molecule has 0 aliphatic rings. The van der Waals surface area contributed by atoms with Gasteiger partial charge in [-0.3, -0.25) is 5.32 Å². The molecule has 0 aliphatic carbocycles. The van der Waals surface area contributed by atoms with Gasteiger partial charge in [0, 0.05) is 6.54 Å². The van der Waals surface area contributed by atoms with Crippen LogP contribution in [0.25, 0.3) is 0 Å². The molecule has 4 N–H and O–H groups in total.